The average Bonchev–Trinajstić information content (AvgIpc) is 2.32. The Morgan fingerprint density at radius 1 is 1.82 bits per heavy atom. The molecular formula is C6H6BrNO2S. The van der Waals surface area contributed by atoms with Crippen LogP contribution in [0.4, 0.5) is 5.69 Å². The monoisotopic (exact) mass is 235 g/mol. The first-order chi connectivity index (χ1) is 5.16. The normalized spacial score (nSPS) is 9.64. The van der Waals surface area contributed by atoms with Crippen LogP contribution in [0, 0.1) is 0 Å². The topological polar surface area (TPSA) is 52.3 Å². The average molecular weight is 236 g/mol. The van der Waals surface area contributed by atoms with Gasteiger partial charge in [-0.2, -0.15) is 0 Å². The number of anilines is 1. The lowest BCUT2D eigenvalue weighted by atomic mass is 10.3. The van der Waals surface area contributed by atoms with Crippen LogP contribution >= 0.6 is 27.3 Å². The van der Waals surface area contributed by atoms with E-state index in [2.05, 4.69) is 20.7 Å². The summed E-state index contributed by atoms with van der Waals surface area (Å²) < 4.78 is 5.26. The van der Waals surface area contributed by atoms with Crippen LogP contribution in [0.5, 0.6) is 0 Å². The van der Waals surface area contributed by atoms with Crippen LogP contribution in [0.2, 0.25) is 0 Å². The molecule has 1 aromatic heterocycles. The minimum absolute atomic E-state index is 0.399. The summed E-state index contributed by atoms with van der Waals surface area (Å²) >= 11 is 4.56. The summed E-state index contributed by atoms with van der Waals surface area (Å²) in [6, 6.07) is 0. The molecule has 0 aromatic carbocycles. The van der Waals surface area contributed by atoms with Gasteiger partial charge >= 0.3 is 5.97 Å². The van der Waals surface area contributed by atoms with E-state index in [0.29, 0.717) is 11.3 Å². The lowest BCUT2D eigenvalue weighted by Gasteiger charge is -1.95. The number of carbonyl (C=O) groups excluding carboxylic acids is 1. The third kappa shape index (κ3) is 1.54. The molecule has 0 bridgehead atoms. The second kappa shape index (κ2) is 3.23. The number of halogens is 1. The number of esters is 1. The third-order valence-corrected chi connectivity index (χ3v) is 2.96. The Labute approximate surface area is 76.3 Å². The highest BCUT2D eigenvalue weighted by Gasteiger charge is 2.13. The zero-order valence-electron chi connectivity index (χ0n) is 5.76. The first kappa shape index (κ1) is 8.55. The number of hydrogen-bond donors (Lipinski definition) is 1. The largest absolute Gasteiger partial charge is 0.465 e. The SMILES string of the molecule is COC(=O)c1csc(Br)c1N. The molecule has 0 fully saturated rings. The van der Waals surface area contributed by atoms with Crippen molar-refractivity contribution in [3.8, 4) is 0 Å². The Kier molecular flexibility index (Phi) is 2.51. The molecule has 0 aliphatic rings. The van der Waals surface area contributed by atoms with Gasteiger partial charge in [0.2, 0.25) is 0 Å². The Morgan fingerprint density at radius 3 is 2.82 bits per heavy atom. The van der Waals surface area contributed by atoms with Crippen molar-refractivity contribution in [2.24, 2.45) is 0 Å². The second-order valence-corrected chi connectivity index (χ2v) is 4.03. The minimum Gasteiger partial charge on any atom is -0.465 e. The van der Waals surface area contributed by atoms with E-state index in [4.69, 9.17) is 5.73 Å². The molecule has 0 spiro atoms. The number of nitrogen functional groups attached to an aromatic ring is 1. The van der Waals surface area contributed by atoms with Gasteiger partial charge in [-0.1, -0.05) is 0 Å². The van der Waals surface area contributed by atoms with Crippen LogP contribution in [-0.2, 0) is 4.74 Å². The van der Waals surface area contributed by atoms with Gasteiger partial charge in [0, 0.05) is 5.38 Å². The molecule has 1 heterocycles. The van der Waals surface area contributed by atoms with Gasteiger partial charge < -0.3 is 10.5 Å². The number of rotatable bonds is 1. The van der Waals surface area contributed by atoms with Crippen LogP contribution in [0.25, 0.3) is 0 Å². The van der Waals surface area contributed by atoms with Crippen molar-refractivity contribution in [2.45, 2.75) is 0 Å². The Balaban J connectivity index is 3.04. The summed E-state index contributed by atoms with van der Waals surface area (Å²) in [5.41, 5.74) is 6.41. The first-order valence-electron chi connectivity index (χ1n) is 2.77. The first-order valence-corrected chi connectivity index (χ1v) is 4.45. The number of methoxy groups -OCH3 is 1. The molecule has 0 radical (unpaired) electrons. The Morgan fingerprint density at radius 2 is 2.45 bits per heavy atom. The van der Waals surface area contributed by atoms with E-state index in [1.165, 1.54) is 18.4 Å². The lowest BCUT2D eigenvalue weighted by Crippen LogP contribution is -2.02. The van der Waals surface area contributed by atoms with E-state index < -0.39 is 5.97 Å². The summed E-state index contributed by atoms with van der Waals surface area (Å²) in [4.78, 5) is 10.9. The number of nitrogens with two attached hydrogens (primary N) is 1. The summed E-state index contributed by atoms with van der Waals surface area (Å²) in [7, 11) is 1.33. The summed E-state index contributed by atoms with van der Waals surface area (Å²) in [6.45, 7) is 0. The highest BCUT2D eigenvalue weighted by atomic mass is 79.9. The fourth-order valence-corrected chi connectivity index (χ4v) is 1.79. The summed E-state index contributed by atoms with van der Waals surface area (Å²) in [5.74, 6) is -0.399. The van der Waals surface area contributed by atoms with E-state index in [1.807, 2.05) is 0 Å². The standard InChI is InChI=1S/C6H6BrNO2S/c1-10-6(9)3-2-11-5(7)4(3)8/h2H,8H2,1H3. The van der Waals surface area contributed by atoms with Crippen LogP contribution in [-0.4, -0.2) is 13.1 Å². The van der Waals surface area contributed by atoms with Crippen molar-refractivity contribution >= 4 is 38.9 Å². The molecule has 2 N–H and O–H groups in total. The number of thiophene rings is 1. The van der Waals surface area contributed by atoms with Crippen LogP contribution in [0.3, 0.4) is 0 Å². The molecule has 60 valence electrons. The maximum atomic E-state index is 10.9. The second-order valence-electron chi connectivity index (χ2n) is 1.83. The van der Waals surface area contributed by atoms with Gasteiger partial charge in [0.15, 0.2) is 0 Å². The molecule has 0 aliphatic carbocycles. The molecule has 0 amide bonds. The van der Waals surface area contributed by atoms with Crippen molar-refractivity contribution in [3.63, 3.8) is 0 Å². The fourth-order valence-electron chi connectivity index (χ4n) is 0.612. The number of hydrogen-bond acceptors (Lipinski definition) is 4. The minimum atomic E-state index is -0.399. The zero-order valence-corrected chi connectivity index (χ0v) is 8.16. The fraction of sp³-hybridized carbons (Fsp3) is 0.167. The van der Waals surface area contributed by atoms with Gasteiger partial charge in [0.05, 0.1) is 22.1 Å². The summed E-state index contributed by atoms with van der Waals surface area (Å²) in [6.07, 6.45) is 0. The molecule has 3 nitrogen and oxygen atoms in total. The lowest BCUT2D eigenvalue weighted by molar-refractivity contribution is 0.0602. The number of ether oxygens (including phenoxy) is 1. The van der Waals surface area contributed by atoms with Gasteiger partial charge in [-0.25, -0.2) is 4.79 Å². The maximum Gasteiger partial charge on any atom is 0.340 e. The van der Waals surface area contributed by atoms with Gasteiger partial charge in [0.1, 0.15) is 0 Å². The molecule has 0 saturated heterocycles. The van der Waals surface area contributed by atoms with E-state index in [0.717, 1.165) is 3.79 Å². The maximum absolute atomic E-state index is 10.9. The molecule has 1 aromatic rings. The highest BCUT2D eigenvalue weighted by molar-refractivity contribution is 9.11. The van der Waals surface area contributed by atoms with E-state index in [1.54, 1.807) is 5.38 Å². The predicted octanol–water partition coefficient (Wildman–Crippen LogP) is 1.88. The van der Waals surface area contributed by atoms with Crippen molar-refractivity contribution in [3.05, 3.63) is 14.7 Å². The van der Waals surface area contributed by atoms with Crippen LogP contribution in [0.15, 0.2) is 9.17 Å². The third-order valence-electron chi connectivity index (χ3n) is 1.19. The molecule has 0 saturated carbocycles. The van der Waals surface area contributed by atoms with Crippen molar-refractivity contribution < 1.29 is 9.53 Å². The van der Waals surface area contributed by atoms with Gasteiger partial charge in [-0.05, 0) is 15.9 Å². The Bertz CT molecular complexity index is 284. The number of carbonyl (C=O) groups is 1. The van der Waals surface area contributed by atoms with Crippen LogP contribution in [0.1, 0.15) is 10.4 Å². The van der Waals surface area contributed by atoms with Crippen molar-refractivity contribution in [1.29, 1.82) is 0 Å². The predicted molar refractivity (Wildman–Crippen MR) is 47.8 cm³/mol. The molecule has 0 unspecified atom stereocenters. The zero-order chi connectivity index (χ0) is 8.43. The molecule has 5 heteroatoms. The summed E-state index contributed by atoms with van der Waals surface area (Å²) in [5, 5.41) is 1.66. The van der Waals surface area contributed by atoms with Crippen LogP contribution < -0.4 is 5.73 Å². The molecule has 0 aliphatic heterocycles. The molecule has 1 rings (SSSR count). The Hall–Kier alpha value is -0.550. The van der Waals surface area contributed by atoms with E-state index in [-0.39, 0.29) is 0 Å². The highest BCUT2D eigenvalue weighted by Crippen LogP contribution is 2.30. The van der Waals surface area contributed by atoms with E-state index >= 15 is 0 Å². The molecule has 11 heavy (non-hydrogen) atoms. The van der Waals surface area contributed by atoms with Crippen molar-refractivity contribution in [2.75, 3.05) is 12.8 Å². The van der Waals surface area contributed by atoms with Gasteiger partial charge in [-0.15, -0.1) is 11.3 Å². The quantitative estimate of drug-likeness (QED) is 0.757. The molecule has 0 atom stereocenters. The van der Waals surface area contributed by atoms with Gasteiger partial charge in [-0.3, -0.25) is 0 Å². The van der Waals surface area contributed by atoms with Crippen molar-refractivity contribution in [1.82, 2.24) is 0 Å². The van der Waals surface area contributed by atoms with E-state index in [9.17, 15) is 4.79 Å². The smallest absolute Gasteiger partial charge is 0.340 e. The van der Waals surface area contributed by atoms with Gasteiger partial charge in [0.25, 0.3) is 0 Å². The molecular weight excluding hydrogens is 230 g/mol.